The summed E-state index contributed by atoms with van der Waals surface area (Å²) in [6.07, 6.45) is 6.28. The molecule has 0 aliphatic carbocycles. The van der Waals surface area contributed by atoms with E-state index >= 15 is 0 Å². The number of hydrogen-bond donors (Lipinski definition) is 2. The number of amides is 1. The molecule has 3 rings (SSSR count). The highest BCUT2D eigenvalue weighted by Crippen LogP contribution is 2.32. The third-order valence-corrected chi connectivity index (χ3v) is 7.77. The van der Waals surface area contributed by atoms with Gasteiger partial charge in [-0.3, -0.25) is 4.79 Å². The fourth-order valence-electron chi connectivity index (χ4n) is 3.57. The molecule has 2 heterocycles. The van der Waals surface area contributed by atoms with Crippen LogP contribution in [0.1, 0.15) is 45.4 Å². The Morgan fingerprint density at radius 3 is 2.70 bits per heavy atom. The molecule has 1 aromatic rings. The van der Waals surface area contributed by atoms with Crippen molar-refractivity contribution in [3.05, 3.63) is 18.2 Å². The molecule has 1 fully saturated rings. The second-order valence-electron chi connectivity index (χ2n) is 7.29. The number of likely N-dealkylation sites (tertiary alicyclic amines) is 1. The number of carbonyl (C=O) groups is 1. The Hall–Kier alpha value is -1.09. The molecule has 0 spiro atoms. The van der Waals surface area contributed by atoms with Crippen molar-refractivity contribution >= 4 is 33.4 Å². The molecule has 27 heavy (non-hydrogen) atoms. The smallest absolute Gasteiger partial charge is 0.240 e. The number of carbonyl (C=O) groups excluding carboxylic acids is 1. The van der Waals surface area contributed by atoms with E-state index in [0.29, 0.717) is 30.4 Å². The fourth-order valence-corrected chi connectivity index (χ4v) is 5.58. The first-order valence-corrected chi connectivity index (χ1v) is 12.2. The van der Waals surface area contributed by atoms with E-state index in [1.54, 1.807) is 30.0 Å². The molecule has 1 amide bonds. The predicted molar refractivity (Wildman–Crippen MR) is 110 cm³/mol. The summed E-state index contributed by atoms with van der Waals surface area (Å²) in [7, 11) is -3.59. The first-order chi connectivity index (χ1) is 13.0. The van der Waals surface area contributed by atoms with Gasteiger partial charge >= 0.3 is 0 Å². The summed E-state index contributed by atoms with van der Waals surface area (Å²) in [6.45, 7) is 4.80. The van der Waals surface area contributed by atoms with Gasteiger partial charge in [0, 0.05) is 29.7 Å². The lowest BCUT2D eigenvalue weighted by atomic mass is 10.2. The lowest BCUT2D eigenvalue weighted by molar-refractivity contribution is -0.115. The second-order valence-corrected chi connectivity index (χ2v) is 10.2. The minimum absolute atomic E-state index is 0.0740. The monoisotopic (exact) mass is 411 g/mol. The van der Waals surface area contributed by atoms with Crippen LogP contribution in [0.2, 0.25) is 0 Å². The van der Waals surface area contributed by atoms with Gasteiger partial charge in [0.15, 0.2) is 0 Å². The first kappa shape index (κ1) is 20.6. The molecule has 2 N–H and O–H groups in total. The third-order valence-electron chi connectivity index (χ3n) is 5.24. The number of sulfonamides is 1. The molecule has 6 nitrogen and oxygen atoms in total. The van der Waals surface area contributed by atoms with E-state index in [1.165, 1.54) is 25.7 Å². The molecule has 0 saturated carbocycles. The number of benzene rings is 1. The molecule has 1 aromatic carbocycles. The number of nitrogens with zero attached hydrogens (tertiary/aromatic N) is 1. The Kier molecular flexibility index (Phi) is 7.19. The van der Waals surface area contributed by atoms with Gasteiger partial charge in [0.05, 0.1) is 10.6 Å². The highest BCUT2D eigenvalue weighted by molar-refractivity contribution is 7.99. The molecule has 0 radical (unpaired) electrons. The van der Waals surface area contributed by atoms with Crippen LogP contribution in [0.15, 0.2) is 28.0 Å². The van der Waals surface area contributed by atoms with Crippen molar-refractivity contribution in [2.24, 2.45) is 0 Å². The number of rotatable bonds is 6. The lowest BCUT2D eigenvalue weighted by Crippen LogP contribution is -2.37. The van der Waals surface area contributed by atoms with Crippen molar-refractivity contribution in [2.45, 2.75) is 61.3 Å². The number of anilines is 1. The van der Waals surface area contributed by atoms with Gasteiger partial charge in [-0.25, -0.2) is 13.1 Å². The summed E-state index contributed by atoms with van der Waals surface area (Å²) in [6, 6.07) is 5.32. The van der Waals surface area contributed by atoms with E-state index in [4.69, 9.17) is 0 Å². The van der Waals surface area contributed by atoms with Crippen molar-refractivity contribution in [3.8, 4) is 0 Å². The van der Waals surface area contributed by atoms with E-state index in [9.17, 15) is 13.2 Å². The summed E-state index contributed by atoms with van der Waals surface area (Å²) in [5.41, 5.74) is 0.586. The number of fused-ring (bicyclic) bond motifs is 1. The van der Waals surface area contributed by atoms with E-state index < -0.39 is 10.0 Å². The van der Waals surface area contributed by atoms with Gasteiger partial charge in [0.2, 0.25) is 15.9 Å². The molecule has 2 aliphatic rings. The van der Waals surface area contributed by atoms with E-state index in [0.717, 1.165) is 24.4 Å². The molecule has 0 aromatic heterocycles. The Bertz CT molecular complexity index is 759. The average Bonchev–Trinajstić information content (AvgIpc) is 3.00. The molecule has 1 saturated heterocycles. The molecule has 2 aliphatic heterocycles. The number of nitrogens with one attached hydrogen (secondary N) is 2. The molecule has 1 unspecified atom stereocenters. The zero-order valence-electron chi connectivity index (χ0n) is 15.9. The molecular weight excluding hydrogens is 382 g/mol. The van der Waals surface area contributed by atoms with Crippen LogP contribution in [-0.4, -0.2) is 50.7 Å². The topological polar surface area (TPSA) is 78.5 Å². The molecule has 0 bridgehead atoms. The molecule has 8 heteroatoms. The molecule has 150 valence electrons. The van der Waals surface area contributed by atoms with Crippen LogP contribution >= 0.6 is 11.8 Å². The van der Waals surface area contributed by atoms with Gasteiger partial charge in [-0.2, -0.15) is 0 Å². The maximum atomic E-state index is 12.7. The minimum Gasteiger partial charge on any atom is -0.325 e. The van der Waals surface area contributed by atoms with Gasteiger partial charge in [-0.1, -0.05) is 12.8 Å². The van der Waals surface area contributed by atoms with Gasteiger partial charge in [-0.15, -0.1) is 11.8 Å². The summed E-state index contributed by atoms with van der Waals surface area (Å²) in [5, 5.41) is 2.80. The second kappa shape index (κ2) is 9.41. The van der Waals surface area contributed by atoms with Crippen LogP contribution in [-0.2, 0) is 14.8 Å². The number of hydrogen-bond acceptors (Lipinski definition) is 5. The highest BCUT2D eigenvalue weighted by atomic mass is 32.2. The highest BCUT2D eigenvalue weighted by Gasteiger charge is 2.20. The Labute approximate surface area is 166 Å². The van der Waals surface area contributed by atoms with Gasteiger partial charge in [0.1, 0.15) is 0 Å². The summed E-state index contributed by atoms with van der Waals surface area (Å²) >= 11 is 1.57. The standard InChI is InChI=1S/C19H29N3O3S2/c1-15(22-11-4-2-3-5-12-22)8-10-20-27(24,25)16-6-7-18-17(14-16)21-19(23)9-13-26-18/h6-7,14-15,20H,2-5,8-13H2,1H3,(H,21,23). The summed E-state index contributed by atoms with van der Waals surface area (Å²) in [5.74, 6) is 0.632. The van der Waals surface area contributed by atoms with E-state index in [2.05, 4.69) is 21.9 Å². The van der Waals surface area contributed by atoms with Crippen molar-refractivity contribution < 1.29 is 13.2 Å². The first-order valence-electron chi connectivity index (χ1n) is 9.76. The van der Waals surface area contributed by atoms with Crippen LogP contribution in [0.25, 0.3) is 0 Å². The molecule has 1 atom stereocenters. The van der Waals surface area contributed by atoms with Crippen molar-refractivity contribution in [2.75, 3.05) is 30.7 Å². The summed E-state index contributed by atoms with van der Waals surface area (Å²) < 4.78 is 28.0. The zero-order chi connectivity index (χ0) is 19.3. The van der Waals surface area contributed by atoms with Gasteiger partial charge in [0.25, 0.3) is 0 Å². The Balaban J connectivity index is 1.59. The zero-order valence-corrected chi connectivity index (χ0v) is 17.5. The maximum Gasteiger partial charge on any atom is 0.240 e. The van der Waals surface area contributed by atoms with Crippen LogP contribution in [0, 0.1) is 0 Å². The quantitative estimate of drug-likeness (QED) is 0.752. The maximum absolute atomic E-state index is 12.7. The van der Waals surface area contributed by atoms with E-state index in [1.807, 2.05) is 0 Å². The third kappa shape index (κ3) is 5.70. The van der Waals surface area contributed by atoms with Gasteiger partial charge in [-0.05, 0) is 57.5 Å². The normalized spacial score (nSPS) is 20.3. The SMILES string of the molecule is CC(CCNS(=O)(=O)c1ccc2c(c1)NC(=O)CCS2)N1CCCCCC1. The Morgan fingerprint density at radius 2 is 1.96 bits per heavy atom. The average molecular weight is 412 g/mol. The van der Waals surface area contributed by atoms with E-state index in [-0.39, 0.29) is 10.8 Å². The van der Waals surface area contributed by atoms with Crippen LogP contribution in [0.3, 0.4) is 0 Å². The van der Waals surface area contributed by atoms with Gasteiger partial charge < -0.3 is 10.2 Å². The van der Waals surface area contributed by atoms with Crippen LogP contribution in [0.4, 0.5) is 5.69 Å². The Morgan fingerprint density at radius 1 is 1.22 bits per heavy atom. The van der Waals surface area contributed by atoms with Crippen molar-refractivity contribution in [3.63, 3.8) is 0 Å². The predicted octanol–water partition coefficient (Wildman–Crippen LogP) is 3.05. The van der Waals surface area contributed by atoms with Crippen molar-refractivity contribution in [1.29, 1.82) is 0 Å². The number of thioether (sulfide) groups is 1. The van der Waals surface area contributed by atoms with Crippen molar-refractivity contribution in [1.82, 2.24) is 9.62 Å². The van der Waals surface area contributed by atoms with Crippen LogP contribution in [0.5, 0.6) is 0 Å². The van der Waals surface area contributed by atoms with Crippen LogP contribution < -0.4 is 10.0 Å². The largest absolute Gasteiger partial charge is 0.325 e. The molecular formula is C19H29N3O3S2. The fraction of sp³-hybridized carbons (Fsp3) is 0.632. The summed E-state index contributed by atoms with van der Waals surface area (Å²) in [4.78, 5) is 15.3. The lowest BCUT2D eigenvalue weighted by Gasteiger charge is -2.27. The minimum atomic E-state index is -3.59.